The lowest BCUT2D eigenvalue weighted by atomic mass is 10.5. The third-order valence-corrected chi connectivity index (χ3v) is 5.47. The number of thioether (sulfide) groups is 1. The van der Waals surface area contributed by atoms with Gasteiger partial charge in [0.15, 0.2) is 0 Å². The summed E-state index contributed by atoms with van der Waals surface area (Å²) in [5.74, 6) is 0.964. The molecule has 5 heteroatoms. The molecule has 15 heavy (non-hydrogen) atoms. The molecule has 0 aromatic carbocycles. The normalized spacial score (nSPS) is 10.5. The average Bonchev–Trinajstić information content (AvgIpc) is 2.63. The van der Waals surface area contributed by atoms with Gasteiger partial charge in [-0.1, -0.05) is 11.8 Å². The number of aromatic nitrogens is 1. The molecule has 2 rings (SSSR count). The molecule has 0 amide bonds. The van der Waals surface area contributed by atoms with Crippen molar-refractivity contribution in [2.75, 3.05) is 0 Å². The number of hydrogen-bond acceptors (Lipinski definition) is 3. The summed E-state index contributed by atoms with van der Waals surface area (Å²) in [6.07, 6.45) is 1.82. The van der Waals surface area contributed by atoms with E-state index in [1.807, 2.05) is 18.3 Å². The van der Waals surface area contributed by atoms with Crippen LogP contribution in [0.3, 0.4) is 0 Å². The molecule has 0 aliphatic rings. The highest BCUT2D eigenvalue weighted by Crippen LogP contribution is 2.31. The summed E-state index contributed by atoms with van der Waals surface area (Å²) in [5, 5.41) is 1.04. The maximum absolute atomic E-state index is 4.31. The van der Waals surface area contributed by atoms with Gasteiger partial charge in [0.2, 0.25) is 0 Å². The average molecular weight is 365 g/mol. The molecule has 0 bridgehead atoms. The van der Waals surface area contributed by atoms with Crippen molar-refractivity contribution in [1.82, 2.24) is 4.98 Å². The Balaban J connectivity index is 2.02. The summed E-state index contributed by atoms with van der Waals surface area (Å²) in [6, 6.07) is 8.15. The molecule has 0 saturated carbocycles. The van der Waals surface area contributed by atoms with E-state index in [2.05, 4.69) is 49.0 Å². The Morgan fingerprint density at radius 3 is 2.80 bits per heavy atom. The first kappa shape index (κ1) is 11.6. The molecule has 0 saturated heterocycles. The first-order chi connectivity index (χ1) is 7.25. The first-order valence-electron chi connectivity index (χ1n) is 4.23. The van der Waals surface area contributed by atoms with E-state index in [1.165, 1.54) is 8.66 Å². The summed E-state index contributed by atoms with van der Waals surface area (Å²) >= 11 is 10.5. The largest absolute Gasteiger partial charge is 0.249 e. The van der Waals surface area contributed by atoms with Crippen LogP contribution in [0.25, 0.3) is 0 Å². The fraction of sp³-hybridized carbons (Fsp3) is 0.100. The van der Waals surface area contributed by atoms with Crippen molar-refractivity contribution >= 4 is 55.0 Å². The van der Waals surface area contributed by atoms with Crippen LogP contribution in [0.5, 0.6) is 0 Å². The molecule has 0 unspecified atom stereocenters. The summed E-state index contributed by atoms with van der Waals surface area (Å²) in [4.78, 5) is 5.66. The minimum Gasteiger partial charge on any atom is -0.249 e. The van der Waals surface area contributed by atoms with Crippen LogP contribution in [0.1, 0.15) is 4.88 Å². The minimum absolute atomic E-state index is 0.964. The second-order valence-electron chi connectivity index (χ2n) is 2.78. The van der Waals surface area contributed by atoms with E-state index in [0.717, 1.165) is 15.3 Å². The Bertz CT molecular complexity index is 456. The summed E-state index contributed by atoms with van der Waals surface area (Å²) in [6.45, 7) is 0. The van der Waals surface area contributed by atoms with E-state index in [1.54, 1.807) is 23.1 Å². The predicted octanol–water partition coefficient (Wildman–Crippen LogP) is 4.96. The molecule has 2 aromatic heterocycles. The maximum atomic E-state index is 4.31. The van der Waals surface area contributed by atoms with Crippen molar-refractivity contribution < 1.29 is 0 Å². The minimum atomic E-state index is 0.964. The zero-order valence-electron chi connectivity index (χ0n) is 7.61. The fourth-order valence-corrected chi connectivity index (χ4v) is 4.05. The van der Waals surface area contributed by atoms with Crippen molar-refractivity contribution in [3.8, 4) is 0 Å². The highest BCUT2D eigenvalue weighted by atomic mass is 79.9. The lowest BCUT2D eigenvalue weighted by Crippen LogP contribution is -1.81. The molecule has 78 valence electrons. The van der Waals surface area contributed by atoms with Crippen LogP contribution in [-0.4, -0.2) is 4.98 Å². The standard InChI is InChI=1S/C10H7Br2NS2/c11-8-2-1-5-13-10(8)14-6-7-3-4-9(12)15-7/h1-5H,6H2. The van der Waals surface area contributed by atoms with Gasteiger partial charge in [0.25, 0.3) is 0 Å². The van der Waals surface area contributed by atoms with E-state index in [4.69, 9.17) is 0 Å². The van der Waals surface area contributed by atoms with Crippen LogP contribution in [-0.2, 0) is 5.75 Å². The molecular weight excluding hydrogens is 358 g/mol. The number of hydrogen-bond donors (Lipinski definition) is 0. The predicted molar refractivity (Wildman–Crippen MR) is 73.5 cm³/mol. The Morgan fingerprint density at radius 2 is 2.13 bits per heavy atom. The molecule has 0 radical (unpaired) electrons. The monoisotopic (exact) mass is 363 g/mol. The third-order valence-electron chi connectivity index (χ3n) is 1.70. The van der Waals surface area contributed by atoms with Gasteiger partial charge in [0.05, 0.1) is 3.79 Å². The summed E-state index contributed by atoms with van der Waals surface area (Å²) in [5.41, 5.74) is 0. The SMILES string of the molecule is Brc1ccc(CSc2ncccc2Br)s1. The van der Waals surface area contributed by atoms with E-state index >= 15 is 0 Å². The Labute approximate surface area is 114 Å². The zero-order chi connectivity index (χ0) is 10.7. The van der Waals surface area contributed by atoms with Gasteiger partial charge in [-0.05, 0) is 56.1 Å². The van der Waals surface area contributed by atoms with Gasteiger partial charge < -0.3 is 0 Å². The smallest absolute Gasteiger partial charge is 0.111 e. The van der Waals surface area contributed by atoms with E-state index in [0.29, 0.717) is 0 Å². The maximum Gasteiger partial charge on any atom is 0.111 e. The van der Waals surface area contributed by atoms with Crippen molar-refractivity contribution in [1.29, 1.82) is 0 Å². The number of nitrogens with zero attached hydrogens (tertiary/aromatic N) is 1. The van der Waals surface area contributed by atoms with Crippen molar-refractivity contribution in [2.24, 2.45) is 0 Å². The van der Waals surface area contributed by atoms with Crippen LogP contribution in [0.15, 0.2) is 43.7 Å². The molecule has 0 aliphatic heterocycles. The fourth-order valence-electron chi connectivity index (χ4n) is 1.05. The van der Waals surface area contributed by atoms with Gasteiger partial charge in [0.1, 0.15) is 5.03 Å². The Morgan fingerprint density at radius 1 is 1.27 bits per heavy atom. The molecule has 0 spiro atoms. The molecule has 2 aromatic rings. The molecular formula is C10H7Br2NS2. The number of halogens is 2. The van der Waals surface area contributed by atoms with Gasteiger partial charge in [-0.3, -0.25) is 0 Å². The van der Waals surface area contributed by atoms with Crippen molar-refractivity contribution in [2.45, 2.75) is 10.8 Å². The quantitative estimate of drug-likeness (QED) is 0.714. The van der Waals surface area contributed by atoms with Crippen LogP contribution in [0.4, 0.5) is 0 Å². The van der Waals surface area contributed by atoms with Crippen molar-refractivity contribution in [3.63, 3.8) is 0 Å². The van der Waals surface area contributed by atoms with Gasteiger partial charge in [0, 0.05) is 21.3 Å². The molecule has 0 aliphatic carbocycles. The molecule has 0 atom stereocenters. The third kappa shape index (κ3) is 3.31. The van der Waals surface area contributed by atoms with Crippen molar-refractivity contribution in [3.05, 3.63) is 43.6 Å². The lowest BCUT2D eigenvalue weighted by Gasteiger charge is -2.00. The Hall–Kier alpha value is 0.160. The first-order valence-corrected chi connectivity index (χ1v) is 7.62. The van der Waals surface area contributed by atoms with E-state index in [9.17, 15) is 0 Å². The Kier molecular flexibility index (Phi) is 4.25. The summed E-state index contributed by atoms with van der Waals surface area (Å²) < 4.78 is 2.24. The van der Waals surface area contributed by atoms with Crippen LogP contribution in [0, 0.1) is 0 Å². The molecule has 0 N–H and O–H groups in total. The molecule has 1 nitrogen and oxygen atoms in total. The second-order valence-corrected chi connectivity index (χ2v) is 7.15. The van der Waals surface area contributed by atoms with Gasteiger partial charge >= 0.3 is 0 Å². The van der Waals surface area contributed by atoms with Gasteiger partial charge in [-0.15, -0.1) is 11.3 Å². The topological polar surface area (TPSA) is 12.9 Å². The summed E-state index contributed by atoms with van der Waals surface area (Å²) in [7, 11) is 0. The zero-order valence-corrected chi connectivity index (χ0v) is 12.4. The highest BCUT2D eigenvalue weighted by Gasteiger charge is 2.03. The van der Waals surface area contributed by atoms with Gasteiger partial charge in [-0.25, -0.2) is 4.98 Å². The highest BCUT2D eigenvalue weighted by molar-refractivity contribution is 9.11. The molecule has 0 fully saturated rings. The molecule has 2 heterocycles. The van der Waals surface area contributed by atoms with Gasteiger partial charge in [-0.2, -0.15) is 0 Å². The van der Waals surface area contributed by atoms with Crippen LogP contribution in [0.2, 0.25) is 0 Å². The van der Waals surface area contributed by atoms with Crippen LogP contribution >= 0.6 is 55.0 Å². The number of pyridine rings is 1. The number of thiophene rings is 1. The van der Waals surface area contributed by atoms with E-state index < -0.39 is 0 Å². The van der Waals surface area contributed by atoms with E-state index in [-0.39, 0.29) is 0 Å². The number of rotatable bonds is 3. The second kappa shape index (κ2) is 5.48. The lowest BCUT2D eigenvalue weighted by molar-refractivity contribution is 1.11. The van der Waals surface area contributed by atoms with Crippen LogP contribution < -0.4 is 0 Å².